The molecule has 0 amide bonds. The summed E-state index contributed by atoms with van der Waals surface area (Å²) in [6.45, 7) is 6.73. The minimum Gasteiger partial charge on any atom is -0.462 e. The Morgan fingerprint density at radius 2 is 0.407 bits per heavy atom. The van der Waals surface area contributed by atoms with Gasteiger partial charge in [-0.3, -0.25) is 14.4 Å². The fraction of sp³-hybridized carbons (Fsp3) is 0.933. The van der Waals surface area contributed by atoms with Gasteiger partial charge in [0.1, 0.15) is 13.2 Å². The van der Waals surface area contributed by atoms with Crippen LogP contribution in [0.2, 0.25) is 0 Å². The van der Waals surface area contributed by atoms with Crippen LogP contribution in [0, 0.1) is 0 Å². The lowest BCUT2D eigenvalue weighted by Gasteiger charge is -2.18. The molecular weight excluding hydrogens is 997 g/mol. The summed E-state index contributed by atoms with van der Waals surface area (Å²) in [5, 5.41) is 0. The van der Waals surface area contributed by atoms with Crippen LogP contribution in [0.15, 0.2) is 12.2 Å². The Morgan fingerprint density at radius 3 is 0.617 bits per heavy atom. The average molecular weight is 1140 g/mol. The van der Waals surface area contributed by atoms with Gasteiger partial charge in [-0.05, 0) is 44.9 Å². The lowest BCUT2D eigenvalue weighted by atomic mass is 10.0. The molecule has 0 aromatic carbocycles. The molecule has 0 saturated heterocycles. The molecule has 0 aliphatic heterocycles. The smallest absolute Gasteiger partial charge is 0.306 e. The zero-order chi connectivity index (χ0) is 58.5. The van der Waals surface area contributed by atoms with Crippen molar-refractivity contribution in [2.45, 2.75) is 438 Å². The van der Waals surface area contributed by atoms with E-state index in [4.69, 9.17) is 14.2 Å². The molecule has 1 atom stereocenters. The molecule has 81 heavy (non-hydrogen) atoms. The molecule has 0 fully saturated rings. The quantitative estimate of drug-likeness (QED) is 0.0261. The number of unbranched alkanes of at least 4 members (excludes halogenated alkanes) is 57. The number of carbonyl (C=O) groups excluding carboxylic acids is 3. The number of hydrogen-bond donors (Lipinski definition) is 0. The minimum atomic E-state index is -0.766. The van der Waals surface area contributed by atoms with E-state index < -0.39 is 6.10 Å². The summed E-state index contributed by atoms with van der Waals surface area (Å²) < 4.78 is 17.0. The Balaban J connectivity index is 4.12. The normalized spacial score (nSPS) is 12.0. The zero-order valence-electron chi connectivity index (χ0n) is 55.4. The molecule has 0 aromatic rings. The summed E-state index contributed by atoms with van der Waals surface area (Å²) in [5.74, 6) is -0.827. The van der Waals surface area contributed by atoms with E-state index in [1.165, 1.54) is 334 Å². The van der Waals surface area contributed by atoms with E-state index >= 15 is 0 Å². The van der Waals surface area contributed by atoms with Crippen LogP contribution in [-0.4, -0.2) is 37.2 Å². The van der Waals surface area contributed by atoms with E-state index in [0.717, 1.165) is 57.8 Å². The van der Waals surface area contributed by atoms with Crippen molar-refractivity contribution in [2.24, 2.45) is 0 Å². The van der Waals surface area contributed by atoms with Gasteiger partial charge in [0.05, 0.1) is 0 Å². The third-order valence-corrected chi connectivity index (χ3v) is 17.3. The molecule has 0 rings (SSSR count). The average Bonchev–Trinajstić information content (AvgIpc) is 3.47. The van der Waals surface area contributed by atoms with Gasteiger partial charge in [-0.25, -0.2) is 0 Å². The van der Waals surface area contributed by atoms with Crippen molar-refractivity contribution in [3.8, 4) is 0 Å². The Labute approximate surface area is 507 Å². The Hall–Kier alpha value is -1.85. The topological polar surface area (TPSA) is 78.9 Å². The van der Waals surface area contributed by atoms with E-state index in [1.807, 2.05) is 0 Å². The van der Waals surface area contributed by atoms with Crippen molar-refractivity contribution in [1.29, 1.82) is 0 Å². The molecule has 0 aliphatic rings. The second-order valence-electron chi connectivity index (χ2n) is 25.6. The van der Waals surface area contributed by atoms with Gasteiger partial charge in [0, 0.05) is 19.3 Å². The Kier molecular flexibility index (Phi) is 69.0. The highest BCUT2D eigenvalue weighted by Gasteiger charge is 2.20. The van der Waals surface area contributed by atoms with Crippen LogP contribution < -0.4 is 0 Å². The van der Waals surface area contributed by atoms with Crippen molar-refractivity contribution < 1.29 is 28.6 Å². The number of hydrogen-bond acceptors (Lipinski definition) is 6. The van der Waals surface area contributed by atoms with Crippen molar-refractivity contribution in [3.05, 3.63) is 12.2 Å². The third kappa shape index (κ3) is 68.8. The number of allylic oxidation sites excluding steroid dienone is 2. The molecule has 6 heteroatoms. The first-order chi connectivity index (χ1) is 40.0. The van der Waals surface area contributed by atoms with Gasteiger partial charge in [0.15, 0.2) is 6.10 Å². The molecule has 480 valence electrons. The van der Waals surface area contributed by atoms with Gasteiger partial charge >= 0.3 is 17.9 Å². The summed E-state index contributed by atoms with van der Waals surface area (Å²) in [4.78, 5) is 38.4. The van der Waals surface area contributed by atoms with Crippen LogP contribution in [0.3, 0.4) is 0 Å². The maximum absolute atomic E-state index is 13.0. The fourth-order valence-corrected chi connectivity index (χ4v) is 11.7. The standard InChI is InChI=1S/C75H144O6/c1-4-7-10-13-16-19-22-24-26-28-30-32-34-36-37-39-40-42-44-46-48-50-53-56-59-62-65-68-74(77)80-71-72(70-79-73(76)67-64-61-58-55-52-21-18-15-12-9-6-3)81-75(78)69-66-63-60-57-54-51-49-47-45-43-41-38-35-33-31-29-27-25-23-20-17-14-11-8-5-2/h29,31,72H,4-28,30,32-71H2,1-3H3/b31-29-. The maximum atomic E-state index is 13.0. The number of ether oxygens (including phenoxy) is 3. The zero-order valence-corrected chi connectivity index (χ0v) is 55.4. The van der Waals surface area contributed by atoms with Crippen molar-refractivity contribution >= 4 is 17.9 Å². The number of esters is 3. The number of rotatable bonds is 70. The molecule has 0 radical (unpaired) electrons. The van der Waals surface area contributed by atoms with E-state index in [-0.39, 0.29) is 31.1 Å². The SMILES string of the molecule is CCCCCCCCCC/C=C\CCCCCCCCCCCCCCCC(=O)OC(COC(=O)CCCCCCCCCCCCC)COC(=O)CCCCCCCCCCCCCCCCCCCCCCCCCCCCC. The van der Waals surface area contributed by atoms with Crippen LogP contribution >= 0.6 is 0 Å². The van der Waals surface area contributed by atoms with Gasteiger partial charge in [0.25, 0.3) is 0 Å². The van der Waals surface area contributed by atoms with Gasteiger partial charge in [-0.15, -0.1) is 0 Å². The minimum absolute atomic E-state index is 0.0626. The second-order valence-corrected chi connectivity index (χ2v) is 25.6. The number of carbonyl (C=O) groups is 3. The highest BCUT2D eigenvalue weighted by Crippen LogP contribution is 2.19. The lowest BCUT2D eigenvalue weighted by molar-refractivity contribution is -0.167. The van der Waals surface area contributed by atoms with Crippen molar-refractivity contribution in [3.63, 3.8) is 0 Å². The molecule has 1 unspecified atom stereocenters. The van der Waals surface area contributed by atoms with Gasteiger partial charge < -0.3 is 14.2 Å². The first-order valence-electron chi connectivity index (χ1n) is 37.2. The van der Waals surface area contributed by atoms with Crippen LogP contribution in [0.25, 0.3) is 0 Å². The summed E-state index contributed by atoms with van der Waals surface area (Å²) >= 11 is 0. The highest BCUT2D eigenvalue weighted by molar-refractivity contribution is 5.71. The lowest BCUT2D eigenvalue weighted by Crippen LogP contribution is -2.30. The van der Waals surface area contributed by atoms with Crippen LogP contribution in [0.5, 0.6) is 0 Å². The van der Waals surface area contributed by atoms with Crippen LogP contribution in [-0.2, 0) is 28.6 Å². The molecule has 0 heterocycles. The van der Waals surface area contributed by atoms with Crippen molar-refractivity contribution in [1.82, 2.24) is 0 Å². The maximum Gasteiger partial charge on any atom is 0.306 e. The molecule has 6 nitrogen and oxygen atoms in total. The first-order valence-corrected chi connectivity index (χ1v) is 37.2. The molecule has 0 aromatic heterocycles. The highest BCUT2D eigenvalue weighted by atomic mass is 16.6. The molecule has 0 N–H and O–H groups in total. The van der Waals surface area contributed by atoms with Crippen LogP contribution in [0.4, 0.5) is 0 Å². The Morgan fingerprint density at radius 1 is 0.235 bits per heavy atom. The second kappa shape index (κ2) is 70.6. The summed E-state index contributed by atoms with van der Waals surface area (Å²) in [5.41, 5.74) is 0. The van der Waals surface area contributed by atoms with Crippen molar-refractivity contribution in [2.75, 3.05) is 13.2 Å². The van der Waals surface area contributed by atoms with Gasteiger partial charge in [-0.1, -0.05) is 380 Å². The fourth-order valence-electron chi connectivity index (χ4n) is 11.7. The van der Waals surface area contributed by atoms with Gasteiger partial charge in [-0.2, -0.15) is 0 Å². The molecule has 0 bridgehead atoms. The molecule has 0 spiro atoms. The van der Waals surface area contributed by atoms with E-state index in [1.54, 1.807) is 0 Å². The first kappa shape index (κ1) is 79.2. The third-order valence-electron chi connectivity index (χ3n) is 17.3. The molecule has 0 saturated carbocycles. The summed E-state index contributed by atoms with van der Waals surface area (Å²) in [6, 6.07) is 0. The summed E-state index contributed by atoms with van der Waals surface area (Å²) in [6.07, 6.45) is 85.5. The van der Waals surface area contributed by atoms with E-state index in [2.05, 4.69) is 32.9 Å². The van der Waals surface area contributed by atoms with Gasteiger partial charge in [0.2, 0.25) is 0 Å². The van der Waals surface area contributed by atoms with E-state index in [0.29, 0.717) is 19.3 Å². The predicted octanol–water partition coefficient (Wildman–Crippen LogP) is 25.6. The summed E-state index contributed by atoms with van der Waals surface area (Å²) in [7, 11) is 0. The van der Waals surface area contributed by atoms with Crippen LogP contribution in [0.1, 0.15) is 432 Å². The monoisotopic (exact) mass is 1140 g/mol. The van der Waals surface area contributed by atoms with E-state index in [9.17, 15) is 14.4 Å². The Bertz CT molecular complexity index is 1260. The molecular formula is C75H144O6. The largest absolute Gasteiger partial charge is 0.462 e. The predicted molar refractivity (Wildman–Crippen MR) is 353 cm³/mol. The molecule has 0 aliphatic carbocycles.